The molecular formula is C10H19Cl3. The van der Waals surface area contributed by atoms with E-state index in [0.717, 1.165) is 25.1 Å². The van der Waals surface area contributed by atoms with Gasteiger partial charge in [-0.15, -0.1) is 34.8 Å². The quantitative estimate of drug-likeness (QED) is 0.389. The first-order valence-electron chi connectivity index (χ1n) is 5.11. The third kappa shape index (κ3) is 12.9. The third-order valence-electron chi connectivity index (χ3n) is 2.06. The molecule has 80 valence electrons. The molecule has 0 spiro atoms. The van der Waals surface area contributed by atoms with E-state index in [1.807, 2.05) is 0 Å². The highest BCUT2D eigenvalue weighted by Gasteiger charge is 1.97. The number of rotatable bonds is 9. The van der Waals surface area contributed by atoms with Crippen LogP contribution < -0.4 is 0 Å². The van der Waals surface area contributed by atoms with Crippen LogP contribution in [0.2, 0.25) is 0 Å². The summed E-state index contributed by atoms with van der Waals surface area (Å²) in [6.45, 7) is 0. The summed E-state index contributed by atoms with van der Waals surface area (Å²) in [5.41, 5.74) is 0. The van der Waals surface area contributed by atoms with E-state index in [1.54, 1.807) is 0 Å². The lowest BCUT2D eigenvalue weighted by Gasteiger charge is -2.01. The fourth-order valence-electron chi connectivity index (χ4n) is 1.28. The molecule has 0 amide bonds. The molecule has 0 aliphatic rings. The molecule has 0 atom stereocenters. The Hall–Kier alpha value is 0.870. The molecule has 0 radical (unpaired) electrons. The SMILES string of the molecule is ClCCCCCCCCCC(Cl)Cl. The zero-order valence-electron chi connectivity index (χ0n) is 8.08. The van der Waals surface area contributed by atoms with Gasteiger partial charge in [0.1, 0.15) is 4.84 Å². The summed E-state index contributed by atoms with van der Waals surface area (Å²) in [5, 5.41) is 0. The maximum Gasteiger partial charge on any atom is 0.107 e. The minimum atomic E-state index is -0.170. The van der Waals surface area contributed by atoms with E-state index in [-0.39, 0.29) is 4.84 Å². The van der Waals surface area contributed by atoms with Gasteiger partial charge < -0.3 is 0 Å². The number of unbranched alkanes of at least 4 members (excludes halogenated alkanes) is 6. The molecule has 0 heterocycles. The van der Waals surface area contributed by atoms with Crippen LogP contribution in [-0.2, 0) is 0 Å². The topological polar surface area (TPSA) is 0 Å². The highest BCUT2D eigenvalue weighted by molar-refractivity contribution is 6.44. The molecule has 0 aromatic rings. The minimum absolute atomic E-state index is 0.170. The van der Waals surface area contributed by atoms with Gasteiger partial charge >= 0.3 is 0 Å². The lowest BCUT2D eigenvalue weighted by Crippen LogP contribution is -1.87. The Morgan fingerprint density at radius 3 is 1.62 bits per heavy atom. The van der Waals surface area contributed by atoms with E-state index in [1.165, 1.54) is 32.1 Å². The Morgan fingerprint density at radius 2 is 1.15 bits per heavy atom. The average Bonchev–Trinajstić information content (AvgIpc) is 2.09. The van der Waals surface area contributed by atoms with Crippen molar-refractivity contribution in [2.45, 2.75) is 56.2 Å². The molecule has 0 aliphatic carbocycles. The smallest absolute Gasteiger partial charge is 0.107 e. The van der Waals surface area contributed by atoms with Crippen molar-refractivity contribution < 1.29 is 0 Å². The summed E-state index contributed by atoms with van der Waals surface area (Å²) in [6, 6.07) is 0. The number of hydrogen-bond acceptors (Lipinski definition) is 0. The molecule has 0 aromatic heterocycles. The van der Waals surface area contributed by atoms with Crippen LogP contribution in [0.5, 0.6) is 0 Å². The van der Waals surface area contributed by atoms with Crippen LogP contribution in [0.4, 0.5) is 0 Å². The highest BCUT2D eigenvalue weighted by Crippen LogP contribution is 2.14. The molecule has 0 unspecified atom stereocenters. The van der Waals surface area contributed by atoms with E-state index >= 15 is 0 Å². The summed E-state index contributed by atoms with van der Waals surface area (Å²) in [7, 11) is 0. The van der Waals surface area contributed by atoms with Crippen molar-refractivity contribution >= 4 is 34.8 Å². The van der Waals surface area contributed by atoms with Crippen LogP contribution in [-0.4, -0.2) is 10.7 Å². The van der Waals surface area contributed by atoms with E-state index in [4.69, 9.17) is 34.8 Å². The lowest BCUT2D eigenvalue weighted by molar-refractivity contribution is 0.583. The maximum absolute atomic E-state index is 5.61. The Morgan fingerprint density at radius 1 is 0.692 bits per heavy atom. The predicted octanol–water partition coefficient (Wildman–Crippen LogP) is 5.15. The second kappa shape index (κ2) is 10.9. The van der Waals surface area contributed by atoms with Gasteiger partial charge in [-0.1, -0.05) is 38.5 Å². The molecule has 0 rings (SSSR count). The number of hydrogen-bond donors (Lipinski definition) is 0. The Labute approximate surface area is 96.9 Å². The monoisotopic (exact) mass is 244 g/mol. The van der Waals surface area contributed by atoms with E-state index in [2.05, 4.69) is 0 Å². The van der Waals surface area contributed by atoms with Crippen LogP contribution in [0.1, 0.15) is 51.4 Å². The second-order valence-corrected chi connectivity index (χ2v) is 5.00. The second-order valence-electron chi connectivity index (χ2n) is 3.34. The maximum atomic E-state index is 5.61. The van der Waals surface area contributed by atoms with Gasteiger partial charge in [-0.05, 0) is 12.8 Å². The molecule has 0 N–H and O–H groups in total. The molecule has 3 heteroatoms. The largest absolute Gasteiger partial charge is 0.127 e. The molecule has 0 bridgehead atoms. The molecule has 0 fully saturated rings. The molecular weight excluding hydrogens is 226 g/mol. The van der Waals surface area contributed by atoms with Crippen LogP contribution >= 0.6 is 34.8 Å². The van der Waals surface area contributed by atoms with E-state index in [0.29, 0.717) is 0 Å². The van der Waals surface area contributed by atoms with Gasteiger partial charge in [0, 0.05) is 5.88 Å². The first kappa shape index (κ1) is 13.9. The van der Waals surface area contributed by atoms with Crippen molar-refractivity contribution in [1.82, 2.24) is 0 Å². The Balaban J connectivity index is 2.84. The van der Waals surface area contributed by atoms with Gasteiger partial charge in [0.15, 0.2) is 0 Å². The first-order valence-corrected chi connectivity index (χ1v) is 6.52. The van der Waals surface area contributed by atoms with Crippen LogP contribution in [0.15, 0.2) is 0 Å². The Kier molecular flexibility index (Phi) is 11.7. The molecule has 0 saturated carbocycles. The predicted molar refractivity (Wildman–Crippen MR) is 63.2 cm³/mol. The van der Waals surface area contributed by atoms with Crippen LogP contribution in [0, 0.1) is 0 Å². The molecule has 0 saturated heterocycles. The summed E-state index contributed by atoms with van der Waals surface area (Å²) in [6.07, 6.45) is 9.74. The summed E-state index contributed by atoms with van der Waals surface area (Å²) in [5.74, 6) is 0.806. The van der Waals surface area contributed by atoms with Gasteiger partial charge in [0.05, 0.1) is 0 Å². The fraction of sp³-hybridized carbons (Fsp3) is 1.00. The van der Waals surface area contributed by atoms with Crippen molar-refractivity contribution in [2.24, 2.45) is 0 Å². The third-order valence-corrected chi connectivity index (χ3v) is 2.76. The van der Waals surface area contributed by atoms with Gasteiger partial charge in [-0.25, -0.2) is 0 Å². The molecule has 13 heavy (non-hydrogen) atoms. The normalized spacial score (nSPS) is 11.1. The van der Waals surface area contributed by atoms with Crippen LogP contribution in [0.25, 0.3) is 0 Å². The van der Waals surface area contributed by atoms with Gasteiger partial charge in [0.2, 0.25) is 0 Å². The zero-order valence-corrected chi connectivity index (χ0v) is 10.3. The van der Waals surface area contributed by atoms with Gasteiger partial charge in [-0.3, -0.25) is 0 Å². The zero-order chi connectivity index (χ0) is 9.94. The van der Waals surface area contributed by atoms with E-state index < -0.39 is 0 Å². The highest BCUT2D eigenvalue weighted by atomic mass is 35.5. The molecule has 0 aliphatic heterocycles. The average molecular weight is 246 g/mol. The van der Waals surface area contributed by atoms with Crippen molar-refractivity contribution in [2.75, 3.05) is 5.88 Å². The van der Waals surface area contributed by atoms with Crippen molar-refractivity contribution in [3.8, 4) is 0 Å². The Bertz CT molecular complexity index is 94.2. The van der Waals surface area contributed by atoms with Crippen molar-refractivity contribution in [3.63, 3.8) is 0 Å². The standard InChI is InChI=1S/C10H19Cl3/c11-9-7-5-3-1-2-4-6-8-10(12)13/h10H,1-9H2. The van der Waals surface area contributed by atoms with Crippen molar-refractivity contribution in [1.29, 1.82) is 0 Å². The van der Waals surface area contributed by atoms with Gasteiger partial charge in [-0.2, -0.15) is 0 Å². The van der Waals surface area contributed by atoms with E-state index in [9.17, 15) is 0 Å². The van der Waals surface area contributed by atoms with Crippen molar-refractivity contribution in [3.05, 3.63) is 0 Å². The summed E-state index contributed by atoms with van der Waals surface area (Å²) < 4.78 is 0. The number of halogens is 3. The first-order chi connectivity index (χ1) is 6.27. The summed E-state index contributed by atoms with van der Waals surface area (Å²) >= 11 is 16.8. The molecule has 0 aromatic carbocycles. The summed E-state index contributed by atoms with van der Waals surface area (Å²) in [4.78, 5) is -0.170. The lowest BCUT2D eigenvalue weighted by atomic mass is 10.1. The molecule has 0 nitrogen and oxygen atoms in total. The fourth-order valence-corrected chi connectivity index (χ4v) is 1.77. The van der Waals surface area contributed by atoms with Gasteiger partial charge in [0.25, 0.3) is 0 Å². The van der Waals surface area contributed by atoms with Crippen LogP contribution in [0.3, 0.4) is 0 Å². The number of alkyl halides is 3. The minimum Gasteiger partial charge on any atom is -0.127 e.